The van der Waals surface area contributed by atoms with E-state index in [2.05, 4.69) is 0 Å². The summed E-state index contributed by atoms with van der Waals surface area (Å²) in [6.45, 7) is 3.37. The van der Waals surface area contributed by atoms with Gasteiger partial charge in [-0.2, -0.15) is 0 Å². The molecule has 0 saturated carbocycles. The van der Waals surface area contributed by atoms with Crippen molar-refractivity contribution >= 4 is 5.78 Å². The molecule has 1 rings (SSSR count). The van der Waals surface area contributed by atoms with Crippen molar-refractivity contribution in [3.8, 4) is 0 Å². The van der Waals surface area contributed by atoms with Crippen molar-refractivity contribution in [2.45, 2.75) is 26.3 Å². The number of halogens is 1. The van der Waals surface area contributed by atoms with Crippen LogP contribution in [0.25, 0.3) is 0 Å². The number of rotatable bonds is 4. The first-order valence-corrected chi connectivity index (χ1v) is 4.50. The van der Waals surface area contributed by atoms with Crippen LogP contribution < -0.4 is 0 Å². The highest BCUT2D eigenvalue weighted by atomic mass is 19.1. The topological polar surface area (TPSA) is 26.3 Å². The minimum absolute atomic E-state index is 0.294. The minimum Gasteiger partial charge on any atom is -0.339 e. The van der Waals surface area contributed by atoms with Gasteiger partial charge in [0, 0.05) is 5.56 Å². The molecule has 0 unspecified atom stereocenters. The molecule has 0 N–H and O–H groups in total. The summed E-state index contributed by atoms with van der Waals surface area (Å²) >= 11 is 0. The fourth-order valence-corrected chi connectivity index (χ4v) is 1.03. The van der Waals surface area contributed by atoms with Crippen LogP contribution in [0.15, 0.2) is 30.3 Å². The van der Waals surface area contributed by atoms with Gasteiger partial charge in [-0.05, 0) is 13.8 Å². The number of carbonyl (C=O) groups is 1. The van der Waals surface area contributed by atoms with Crippen LogP contribution in [0, 0.1) is 0 Å². The van der Waals surface area contributed by atoms with Gasteiger partial charge in [0.05, 0.1) is 6.10 Å². The lowest BCUT2D eigenvalue weighted by Crippen LogP contribution is -2.22. The number of hydrogen-bond acceptors (Lipinski definition) is 2. The molecule has 0 spiro atoms. The number of carbonyl (C=O) groups excluding carboxylic acids is 1. The molecule has 0 aliphatic carbocycles. The van der Waals surface area contributed by atoms with E-state index >= 15 is 0 Å². The number of ether oxygens (including phenoxy) is 1. The normalized spacial score (nSPS) is 12.9. The zero-order valence-corrected chi connectivity index (χ0v) is 8.24. The van der Waals surface area contributed by atoms with E-state index in [1.54, 1.807) is 44.2 Å². The fourth-order valence-electron chi connectivity index (χ4n) is 1.03. The first-order chi connectivity index (χ1) is 6.61. The van der Waals surface area contributed by atoms with Crippen molar-refractivity contribution in [3.63, 3.8) is 0 Å². The maximum absolute atomic E-state index is 13.2. The second-order valence-corrected chi connectivity index (χ2v) is 3.23. The monoisotopic (exact) mass is 196 g/mol. The Labute approximate surface area is 82.7 Å². The van der Waals surface area contributed by atoms with Crippen LogP contribution in [-0.4, -0.2) is 18.2 Å². The van der Waals surface area contributed by atoms with Crippen molar-refractivity contribution in [2.75, 3.05) is 0 Å². The first-order valence-electron chi connectivity index (χ1n) is 4.50. The third-order valence-corrected chi connectivity index (χ3v) is 1.66. The summed E-state index contributed by atoms with van der Waals surface area (Å²) in [5.74, 6) is -0.626. The lowest BCUT2D eigenvalue weighted by atomic mass is 10.1. The second-order valence-electron chi connectivity index (χ2n) is 3.23. The van der Waals surface area contributed by atoms with E-state index in [1.807, 2.05) is 0 Å². The Kier molecular flexibility index (Phi) is 3.77. The van der Waals surface area contributed by atoms with Gasteiger partial charge in [0.25, 0.3) is 6.36 Å². The van der Waals surface area contributed by atoms with Gasteiger partial charge in [0.1, 0.15) is 0 Å². The third-order valence-electron chi connectivity index (χ3n) is 1.66. The molecule has 3 heteroatoms. The Morgan fingerprint density at radius 3 is 2.36 bits per heavy atom. The smallest absolute Gasteiger partial charge is 0.263 e. The molecule has 0 aromatic heterocycles. The zero-order chi connectivity index (χ0) is 10.6. The van der Waals surface area contributed by atoms with Crippen LogP contribution >= 0.6 is 0 Å². The molecular formula is C11H13FO2. The molecule has 14 heavy (non-hydrogen) atoms. The fraction of sp³-hybridized carbons (Fsp3) is 0.364. The third kappa shape index (κ3) is 2.92. The highest BCUT2D eigenvalue weighted by Gasteiger charge is 2.20. The Hall–Kier alpha value is -1.22. The molecule has 1 aromatic rings. The number of alkyl halides is 1. The number of hydrogen-bond donors (Lipinski definition) is 0. The van der Waals surface area contributed by atoms with Gasteiger partial charge in [-0.25, -0.2) is 4.39 Å². The van der Waals surface area contributed by atoms with Gasteiger partial charge in [0.15, 0.2) is 0 Å². The van der Waals surface area contributed by atoms with Crippen molar-refractivity contribution in [1.82, 2.24) is 0 Å². The van der Waals surface area contributed by atoms with E-state index in [4.69, 9.17) is 4.74 Å². The van der Waals surface area contributed by atoms with Crippen LogP contribution in [0.3, 0.4) is 0 Å². The zero-order valence-electron chi connectivity index (χ0n) is 8.24. The van der Waals surface area contributed by atoms with Crippen LogP contribution in [0.1, 0.15) is 24.2 Å². The largest absolute Gasteiger partial charge is 0.339 e. The molecule has 0 amide bonds. The van der Waals surface area contributed by atoms with E-state index in [-0.39, 0.29) is 6.10 Å². The Balaban J connectivity index is 2.66. The highest BCUT2D eigenvalue weighted by molar-refractivity contribution is 5.98. The molecule has 1 aromatic carbocycles. The summed E-state index contributed by atoms with van der Waals surface area (Å²) in [7, 11) is 0. The van der Waals surface area contributed by atoms with Gasteiger partial charge in [0.2, 0.25) is 5.78 Å². The molecule has 0 fully saturated rings. The molecular weight excluding hydrogens is 183 g/mol. The molecule has 0 aliphatic heterocycles. The molecule has 0 aliphatic rings. The standard InChI is InChI=1S/C11H13FO2/c1-8(2)14-11(12)10(13)9-6-4-3-5-7-9/h3-8,11H,1-2H3/t11-/m1/s1. The predicted molar refractivity (Wildman–Crippen MR) is 51.9 cm³/mol. The Bertz CT molecular complexity index is 295. The van der Waals surface area contributed by atoms with Crippen molar-refractivity contribution in [3.05, 3.63) is 35.9 Å². The van der Waals surface area contributed by atoms with Gasteiger partial charge >= 0.3 is 0 Å². The summed E-state index contributed by atoms with van der Waals surface area (Å²) in [4.78, 5) is 11.4. The maximum Gasteiger partial charge on any atom is 0.263 e. The highest BCUT2D eigenvalue weighted by Crippen LogP contribution is 2.09. The summed E-state index contributed by atoms with van der Waals surface area (Å²) in [5, 5.41) is 0. The van der Waals surface area contributed by atoms with Crippen molar-refractivity contribution < 1.29 is 13.9 Å². The van der Waals surface area contributed by atoms with Gasteiger partial charge in [-0.3, -0.25) is 4.79 Å². The van der Waals surface area contributed by atoms with Crippen molar-refractivity contribution in [2.24, 2.45) is 0 Å². The lowest BCUT2D eigenvalue weighted by molar-refractivity contribution is -0.0500. The van der Waals surface area contributed by atoms with Crippen molar-refractivity contribution in [1.29, 1.82) is 0 Å². The summed E-state index contributed by atoms with van der Waals surface area (Å²) < 4.78 is 17.9. The van der Waals surface area contributed by atoms with Gasteiger partial charge in [-0.15, -0.1) is 0 Å². The average Bonchev–Trinajstić information content (AvgIpc) is 2.17. The van der Waals surface area contributed by atoms with E-state index in [1.165, 1.54) is 0 Å². The molecule has 0 heterocycles. The summed E-state index contributed by atoms with van der Waals surface area (Å²) in [6, 6.07) is 8.29. The first kappa shape index (κ1) is 10.9. The molecule has 1 atom stereocenters. The summed E-state index contributed by atoms with van der Waals surface area (Å²) in [6.07, 6.45) is -2.16. The molecule has 0 radical (unpaired) electrons. The number of ketones is 1. The van der Waals surface area contributed by atoms with Crippen LogP contribution in [0.5, 0.6) is 0 Å². The van der Waals surface area contributed by atoms with Gasteiger partial charge in [-0.1, -0.05) is 30.3 Å². The summed E-state index contributed by atoms with van der Waals surface area (Å²) in [5.41, 5.74) is 0.334. The SMILES string of the molecule is CC(C)O[C@@H](F)C(=O)c1ccccc1. The second kappa shape index (κ2) is 4.86. The van der Waals surface area contributed by atoms with E-state index in [0.29, 0.717) is 5.56 Å². The molecule has 0 bridgehead atoms. The maximum atomic E-state index is 13.2. The Morgan fingerprint density at radius 2 is 1.86 bits per heavy atom. The molecule has 76 valence electrons. The Morgan fingerprint density at radius 1 is 1.29 bits per heavy atom. The minimum atomic E-state index is -1.86. The number of benzene rings is 1. The predicted octanol–water partition coefficient (Wildman–Crippen LogP) is 2.59. The van der Waals surface area contributed by atoms with E-state index < -0.39 is 12.1 Å². The molecule has 0 saturated heterocycles. The molecule has 2 nitrogen and oxygen atoms in total. The van der Waals surface area contributed by atoms with Crippen LogP contribution in [0.2, 0.25) is 0 Å². The van der Waals surface area contributed by atoms with Crippen LogP contribution in [-0.2, 0) is 4.74 Å². The average molecular weight is 196 g/mol. The van der Waals surface area contributed by atoms with E-state index in [0.717, 1.165) is 0 Å². The lowest BCUT2D eigenvalue weighted by Gasteiger charge is -2.11. The quantitative estimate of drug-likeness (QED) is 0.692. The number of Topliss-reactive ketones (excluding diaryl/α,β-unsaturated/α-hetero) is 1. The van der Waals surface area contributed by atoms with E-state index in [9.17, 15) is 9.18 Å². The van der Waals surface area contributed by atoms with Gasteiger partial charge < -0.3 is 4.74 Å². The van der Waals surface area contributed by atoms with Crippen LogP contribution in [0.4, 0.5) is 4.39 Å².